The molecular formula is C107H64N6O2. The number of hydrogen-bond acceptors (Lipinski definition) is 8. The molecular weight excluding hydrogens is 1400 g/mol. The number of allylic oxidation sites excluding steroid dienone is 1. The van der Waals surface area contributed by atoms with E-state index in [9.17, 15) is 0 Å². The van der Waals surface area contributed by atoms with Crippen LogP contribution in [0.1, 0.15) is 55.6 Å². The van der Waals surface area contributed by atoms with Gasteiger partial charge in [-0.2, -0.15) is 0 Å². The predicted octanol–water partition coefficient (Wildman–Crippen LogP) is 26.0. The number of nitrogens with zero attached hydrogens (tertiary/aromatic N) is 6. The highest BCUT2D eigenvalue weighted by molar-refractivity contribution is 6.08. The number of aromatic nitrogens is 6. The molecule has 0 radical (unpaired) electrons. The summed E-state index contributed by atoms with van der Waals surface area (Å²) in [4.78, 5) is 32.0. The van der Waals surface area contributed by atoms with Crippen molar-refractivity contribution in [2.24, 2.45) is 0 Å². The third-order valence-corrected chi connectivity index (χ3v) is 24.5. The van der Waals surface area contributed by atoms with Crippen molar-refractivity contribution in [3.8, 4) is 147 Å². The van der Waals surface area contributed by atoms with Crippen molar-refractivity contribution in [3.63, 3.8) is 0 Å². The van der Waals surface area contributed by atoms with Gasteiger partial charge in [-0.05, 0) is 201 Å². The normalized spacial score (nSPS) is 14.4. The average molecular weight is 1470 g/mol. The number of hydrogen-bond donors (Lipinski definition) is 0. The fraction of sp³-hybridized carbons (Fsp3) is 0.0280. The Morgan fingerprint density at radius 3 is 1.22 bits per heavy atom. The molecule has 2 spiro atoms. The zero-order chi connectivity index (χ0) is 75.5. The van der Waals surface area contributed by atoms with E-state index < -0.39 is 10.8 Å². The highest BCUT2D eigenvalue weighted by atomic mass is 16.5. The zero-order valence-electron chi connectivity index (χ0n) is 62.0. The average Bonchev–Trinajstić information content (AvgIpc) is 1.56. The molecule has 17 aromatic carbocycles. The van der Waals surface area contributed by atoms with Gasteiger partial charge in [0.2, 0.25) is 0 Å². The molecule has 534 valence electrons. The quantitative estimate of drug-likeness (QED) is 0.132. The monoisotopic (exact) mass is 1460 g/mol. The van der Waals surface area contributed by atoms with Crippen LogP contribution in [-0.2, 0) is 17.3 Å². The Morgan fingerprint density at radius 2 is 0.600 bits per heavy atom. The minimum absolute atomic E-state index is 0.567. The summed E-state index contributed by atoms with van der Waals surface area (Å²) in [7, 11) is 0. The van der Waals surface area contributed by atoms with E-state index in [2.05, 4.69) is 358 Å². The second kappa shape index (κ2) is 25.2. The Labute approximate surface area is 663 Å². The maximum absolute atomic E-state index is 7.06. The second-order valence-electron chi connectivity index (χ2n) is 30.6. The summed E-state index contributed by atoms with van der Waals surface area (Å²) in [5.41, 5.74) is 26.8. The van der Waals surface area contributed by atoms with Crippen LogP contribution in [0.3, 0.4) is 0 Å². The molecule has 24 rings (SSSR count). The lowest BCUT2D eigenvalue weighted by atomic mass is 9.65. The van der Waals surface area contributed by atoms with Gasteiger partial charge in [0.25, 0.3) is 0 Å². The van der Waals surface area contributed by atoms with E-state index in [0.717, 1.165) is 124 Å². The fourth-order valence-corrected chi connectivity index (χ4v) is 19.3. The SMILES string of the molecule is C1=Cc2cc(-c3nc(-c4ccccc4)nc(-c4cccc(-c5ccc6c(c5)C5(c7ccccc7O6)c6ccccc6-c6ccc(-c7ccc(-c8nc(-c9cccc(-c%10ccc%11c(c%10)C%10(c%12ccccc%12O%11)c%11ccccc%11-c%11ccccc%11%10)c9)nc(-c9ccc%10c(ccc%11ccccc%11%10)c9)n8)cc7)cc65)c4)n3)cc3cccc(c23)C1. The van der Waals surface area contributed by atoms with Crippen LogP contribution in [0.2, 0.25) is 0 Å². The second-order valence-corrected chi connectivity index (χ2v) is 30.6. The van der Waals surface area contributed by atoms with Crippen molar-refractivity contribution in [1.29, 1.82) is 0 Å². The smallest absolute Gasteiger partial charge is 0.164 e. The predicted molar refractivity (Wildman–Crippen MR) is 462 cm³/mol. The first-order valence-corrected chi connectivity index (χ1v) is 39.2. The maximum atomic E-state index is 7.06. The molecule has 0 saturated heterocycles. The van der Waals surface area contributed by atoms with E-state index in [1.807, 2.05) is 18.2 Å². The summed E-state index contributed by atoms with van der Waals surface area (Å²) in [6, 6.07) is 131. The van der Waals surface area contributed by atoms with Gasteiger partial charge < -0.3 is 9.47 Å². The summed E-state index contributed by atoms with van der Waals surface area (Å²) in [6.07, 6.45) is 5.38. The lowest BCUT2D eigenvalue weighted by molar-refractivity contribution is 0.436. The molecule has 2 aromatic heterocycles. The highest BCUT2D eigenvalue weighted by Crippen LogP contribution is 2.65. The van der Waals surface area contributed by atoms with Crippen LogP contribution >= 0.6 is 0 Å². The topological polar surface area (TPSA) is 95.8 Å². The van der Waals surface area contributed by atoms with Crippen LogP contribution in [-0.4, -0.2) is 29.9 Å². The lowest BCUT2D eigenvalue weighted by Gasteiger charge is -2.39. The van der Waals surface area contributed by atoms with Gasteiger partial charge in [0.15, 0.2) is 34.9 Å². The molecule has 3 aliphatic carbocycles. The lowest BCUT2D eigenvalue weighted by Crippen LogP contribution is -2.32. The molecule has 5 aliphatic rings. The molecule has 8 heteroatoms. The zero-order valence-corrected chi connectivity index (χ0v) is 62.0. The van der Waals surface area contributed by atoms with Crippen molar-refractivity contribution in [2.45, 2.75) is 17.3 Å². The first kappa shape index (κ1) is 64.7. The summed E-state index contributed by atoms with van der Waals surface area (Å²) in [5, 5.41) is 7.13. The minimum Gasteiger partial charge on any atom is -0.457 e. The van der Waals surface area contributed by atoms with Gasteiger partial charge in [0, 0.05) is 55.6 Å². The minimum atomic E-state index is -0.773. The van der Waals surface area contributed by atoms with Gasteiger partial charge in [-0.25, -0.2) is 29.9 Å². The number of ether oxygens (including phenoxy) is 2. The van der Waals surface area contributed by atoms with E-state index in [1.54, 1.807) is 0 Å². The number of para-hydroxylation sites is 2. The van der Waals surface area contributed by atoms with Crippen LogP contribution in [0.15, 0.2) is 370 Å². The van der Waals surface area contributed by atoms with Crippen molar-refractivity contribution in [3.05, 3.63) is 426 Å². The van der Waals surface area contributed by atoms with E-state index >= 15 is 0 Å². The molecule has 0 bridgehead atoms. The molecule has 0 amide bonds. The Morgan fingerprint density at radius 1 is 0.217 bits per heavy atom. The third kappa shape index (κ3) is 9.92. The highest BCUT2D eigenvalue weighted by Gasteiger charge is 2.53. The molecule has 115 heavy (non-hydrogen) atoms. The fourth-order valence-electron chi connectivity index (χ4n) is 19.3. The van der Waals surface area contributed by atoms with Crippen molar-refractivity contribution in [2.75, 3.05) is 0 Å². The molecule has 0 fully saturated rings. The van der Waals surface area contributed by atoms with Crippen LogP contribution < -0.4 is 9.47 Å². The molecule has 2 aliphatic heterocycles. The van der Waals surface area contributed by atoms with Gasteiger partial charge in [-0.1, -0.05) is 303 Å². The van der Waals surface area contributed by atoms with Crippen LogP contribution in [0.4, 0.5) is 0 Å². The van der Waals surface area contributed by atoms with Crippen molar-refractivity contribution in [1.82, 2.24) is 29.9 Å². The first-order valence-electron chi connectivity index (χ1n) is 39.2. The van der Waals surface area contributed by atoms with Crippen LogP contribution in [0, 0.1) is 0 Å². The van der Waals surface area contributed by atoms with Gasteiger partial charge in [0.05, 0.1) is 10.8 Å². The molecule has 19 aromatic rings. The standard InChI is InChI=1S/C107H64N6O2/c1-2-21-67(22-3-1)100-108-103(113-105(111-100)80-59-75-27-16-23-66-24-17-28-76(60-80)99(66)75)78-30-19-26-70(57-78)73-51-55-98-94(63-73)107(91-39-13-15-41-96(91)115-98)89-37-11-8-34-85(89)86-53-48-71(61-92(86)107)64-42-45-68(46-43-64)101-109-102(112-104(110-101)79-49-52-82-74(58-79)47-44-65-20-4-5-31-81(65)82)77-29-18-25-69(56-77)72-50-54-97-93(62-72)106(90-38-12-14-40-95(90)114-97)87-35-9-6-32-83(87)84-33-7-10-36-88(84)106/h1-23,25-63H,24H2. The summed E-state index contributed by atoms with van der Waals surface area (Å²) in [5.74, 6) is 6.87. The molecule has 1 atom stereocenters. The maximum Gasteiger partial charge on any atom is 0.164 e. The van der Waals surface area contributed by atoms with Gasteiger partial charge in [0.1, 0.15) is 23.0 Å². The summed E-state index contributed by atoms with van der Waals surface area (Å²) < 4.78 is 13.9. The Balaban J connectivity index is 0.612. The van der Waals surface area contributed by atoms with Gasteiger partial charge in [-0.15, -0.1) is 0 Å². The summed E-state index contributed by atoms with van der Waals surface area (Å²) >= 11 is 0. The van der Waals surface area contributed by atoms with Crippen LogP contribution in [0.25, 0.3) is 162 Å². The molecule has 0 N–H and O–H groups in total. The third-order valence-electron chi connectivity index (χ3n) is 24.5. The van der Waals surface area contributed by atoms with Crippen molar-refractivity contribution < 1.29 is 9.47 Å². The largest absolute Gasteiger partial charge is 0.457 e. The van der Waals surface area contributed by atoms with Crippen LogP contribution in [0.5, 0.6) is 23.0 Å². The van der Waals surface area contributed by atoms with Gasteiger partial charge in [-0.3, -0.25) is 0 Å². The molecule has 8 nitrogen and oxygen atoms in total. The Bertz CT molecular complexity index is 7370. The van der Waals surface area contributed by atoms with Gasteiger partial charge >= 0.3 is 0 Å². The van der Waals surface area contributed by atoms with E-state index in [0.29, 0.717) is 34.9 Å². The summed E-state index contributed by atoms with van der Waals surface area (Å²) in [6.45, 7) is 0. The number of fused-ring (bicyclic) bond motifs is 21. The molecule has 1 unspecified atom stereocenters. The molecule has 0 saturated carbocycles. The number of rotatable bonds is 9. The van der Waals surface area contributed by atoms with Crippen molar-refractivity contribution >= 4 is 38.4 Å². The first-order chi connectivity index (χ1) is 56.9. The van der Waals surface area contributed by atoms with E-state index in [-0.39, 0.29) is 0 Å². The Kier molecular flexibility index (Phi) is 14.2. The number of benzene rings is 17. The Hall–Kier alpha value is -15.1. The molecule has 4 heterocycles. The van der Waals surface area contributed by atoms with E-state index in [4.69, 9.17) is 39.4 Å². The van der Waals surface area contributed by atoms with E-state index in [1.165, 1.54) is 82.6 Å².